The Bertz CT molecular complexity index is 677. The van der Waals surface area contributed by atoms with Crippen molar-refractivity contribution < 1.29 is 14.7 Å². The monoisotopic (exact) mass is 331 g/mol. The molecule has 7 heteroatoms. The summed E-state index contributed by atoms with van der Waals surface area (Å²) in [6.45, 7) is 0. The third-order valence-electron chi connectivity index (χ3n) is 4.26. The quantitative estimate of drug-likeness (QED) is 0.898. The number of nitrogens with zero attached hydrogens (tertiary/aromatic N) is 2. The summed E-state index contributed by atoms with van der Waals surface area (Å²) in [4.78, 5) is 23.2. The molecule has 2 aromatic rings. The number of nitrogens with one attached hydrogen (secondary N) is 1. The van der Waals surface area contributed by atoms with Crippen LogP contribution in [0.3, 0.4) is 0 Å². The zero-order chi connectivity index (χ0) is 16.2. The Labute approximate surface area is 137 Å². The van der Waals surface area contributed by atoms with Gasteiger partial charge in [0.1, 0.15) is 5.69 Å². The second-order valence-electron chi connectivity index (χ2n) is 5.74. The van der Waals surface area contributed by atoms with Crippen LogP contribution in [0.2, 0.25) is 0 Å². The molecule has 0 unspecified atom stereocenters. The third kappa shape index (κ3) is 3.73. The van der Waals surface area contributed by atoms with E-state index in [1.807, 2.05) is 29.6 Å². The first-order valence-corrected chi connectivity index (χ1v) is 8.38. The van der Waals surface area contributed by atoms with E-state index < -0.39 is 5.97 Å². The average Bonchev–Trinajstić information content (AvgIpc) is 3.10. The van der Waals surface area contributed by atoms with E-state index in [2.05, 4.69) is 14.9 Å². The molecule has 1 aromatic heterocycles. The van der Waals surface area contributed by atoms with E-state index in [4.69, 9.17) is 5.11 Å². The standard InChI is InChI=1S/C16H17N3O3S/c20-15(11-1-3-12(4-2-11)16(21)22)17-13-7-5-10(6-8-13)14-9-23-19-18-14/h5-9,11-12H,1-4H2,(H,17,20)(H,21,22). The summed E-state index contributed by atoms with van der Waals surface area (Å²) >= 11 is 1.30. The van der Waals surface area contributed by atoms with Crippen molar-refractivity contribution in [3.05, 3.63) is 29.6 Å². The van der Waals surface area contributed by atoms with Gasteiger partial charge in [0.2, 0.25) is 5.91 Å². The van der Waals surface area contributed by atoms with E-state index in [1.54, 1.807) is 0 Å². The number of carboxylic acid groups (broad SMARTS) is 1. The van der Waals surface area contributed by atoms with E-state index in [9.17, 15) is 9.59 Å². The average molecular weight is 331 g/mol. The number of aliphatic carboxylic acids is 1. The van der Waals surface area contributed by atoms with Crippen LogP contribution in [0.1, 0.15) is 25.7 Å². The summed E-state index contributed by atoms with van der Waals surface area (Å²) in [6, 6.07) is 7.48. The van der Waals surface area contributed by atoms with Gasteiger partial charge >= 0.3 is 5.97 Å². The summed E-state index contributed by atoms with van der Waals surface area (Å²) in [5.41, 5.74) is 2.51. The van der Waals surface area contributed by atoms with Gasteiger partial charge < -0.3 is 10.4 Å². The lowest BCUT2D eigenvalue weighted by Gasteiger charge is -2.25. The summed E-state index contributed by atoms with van der Waals surface area (Å²) in [5, 5.41) is 17.8. The van der Waals surface area contributed by atoms with Gasteiger partial charge in [-0.2, -0.15) is 0 Å². The normalized spacial score (nSPS) is 20.9. The fourth-order valence-corrected chi connectivity index (χ4v) is 3.33. The maximum atomic E-state index is 12.3. The Balaban J connectivity index is 1.57. The minimum atomic E-state index is -0.754. The number of amides is 1. The number of anilines is 1. The topological polar surface area (TPSA) is 92.2 Å². The van der Waals surface area contributed by atoms with Gasteiger partial charge in [-0.15, -0.1) is 5.10 Å². The summed E-state index contributed by atoms with van der Waals surface area (Å²) in [5.74, 6) is -1.19. The number of hydrogen-bond acceptors (Lipinski definition) is 5. The highest BCUT2D eigenvalue weighted by atomic mass is 32.1. The highest BCUT2D eigenvalue weighted by Crippen LogP contribution is 2.30. The number of hydrogen-bond donors (Lipinski definition) is 2. The Morgan fingerprint density at radius 3 is 2.30 bits per heavy atom. The van der Waals surface area contributed by atoms with Crippen LogP contribution in [0.15, 0.2) is 29.6 Å². The Hall–Kier alpha value is -2.28. The molecule has 1 saturated carbocycles. The molecule has 1 fully saturated rings. The van der Waals surface area contributed by atoms with Crippen molar-refractivity contribution in [3.8, 4) is 11.3 Å². The van der Waals surface area contributed by atoms with Crippen molar-refractivity contribution in [2.45, 2.75) is 25.7 Å². The molecule has 0 radical (unpaired) electrons. The van der Waals surface area contributed by atoms with Crippen molar-refractivity contribution in [1.82, 2.24) is 9.59 Å². The minimum Gasteiger partial charge on any atom is -0.481 e. The van der Waals surface area contributed by atoms with Gasteiger partial charge in [0.25, 0.3) is 0 Å². The molecular formula is C16H17N3O3S. The predicted octanol–water partition coefficient (Wildman–Crippen LogP) is 3.03. The second-order valence-corrected chi connectivity index (χ2v) is 6.35. The van der Waals surface area contributed by atoms with E-state index in [1.165, 1.54) is 11.5 Å². The summed E-state index contributed by atoms with van der Waals surface area (Å²) in [6.07, 6.45) is 2.41. The molecule has 120 valence electrons. The number of aromatic nitrogens is 2. The maximum absolute atomic E-state index is 12.3. The number of carboxylic acids is 1. The van der Waals surface area contributed by atoms with Gasteiger partial charge in [0.15, 0.2) is 0 Å². The largest absolute Gasteiger partial charge is 0.481 e. The molecule has 0 spiro atoms. The van der Waals surface area contributed by atoms with Gasteiger partial charge in [-0.1, -0.05) is 16.6 Å². The van der Waals surface area contributed by atoms with Crippen molar-refractivity contribution >= 4 is 29.1 Å². The fraction of sp³-hybridized carbons (Fsp3) is 0.375. The lowest BCUT2D eigenvalue weighted by atomic mass is 9.81. The predicted molar refractivity (Wildman–Crippen MR) is 87.1 cm³/mol. The van der Waals surface area contributed by atoms with Crippen molar-refractivity contribution in [1.29, 1.82) is 0 Å². The first kappa shape index (κ1) is 15.6. The minimum absolute atomic E-state index is 0.0306. The van der Waals surface area contributed by atoms with Crippen molar-refractivity contribution in [2.24, 2.45) is 11.8 Å². The molecule has 23 heavy (non-hydrogen) atoms. The van der Waals surface area contributed by atoms with Crippen molar-refractivity contribution in [3.63, 3.8) is 0 Å². The van der Waals surface area contributed by atoms with Gasteiger partial charge in [-0.05, 0) is 49.3 Å². The molecule has 1 heterocycles. The van der Waals surface area contributed by atoms with Gasteiger partial charge in [-0.3, -0.25) is 9.59 Å². The SMILES string of the molecule is O=C(O)C1CCC(C(=O)Nc2ccc(-c3csnn3)cc2)CC1. The smallest absolute Gasteiger partial charge is 0.306 e. The Morgan fingerprint density at radius 1 is 1.09 bits per heavy atom. The lowest BCUT2D eigenvalue weighted by Crippen LogP contribution is -2.29. The molecule has 0 saturated heterocycles. The Morgan fingerprint density at radius 2 is 1.74 bits per heavy atom. The number of carbonyl (C=O) groups is 2. The van der Waals surface area contributed by atoms with Crippen LogP contribution in [-0.4, -0.2) is 26.6 Å². The number of benzene rings is 1. The molecule has 6 nitrogen and oxygen atoms in total. The lowest BCUT2D eigenvalue weighted by molar-refractivity contribution is -0.143. The summed E-state index contributed by atoms with van der Waals surface area (Å²) < 4.78 is 3.83. The van der Waals surface area contributed by atoms with E-state index in [0.717, 1.165) is 16.9 Å². The second kappa shape index (κ2) is 6.87. The molecule has 2 N–H and O–H groups in total. The third-order valence-corrected chi connectivity index (χ3v) is 4.76. The van der Waals surface area contributed by atoms with Crippen LogP contribution < -0.4 is 5.32 Å². The zero-order valence-electron chi connectivity index (χ0n) is 12.4. The molecule has 0 atom stereocenters. The van der Waals surface area contributed by atoms with E-state index in [0.29, 0.717) is 25.7 Å². The molecule has 0 aliphatic heterocycles. The van der Waals surface area contributed by atoms with Crippen LogP contribution in [0.25, 0.3) is 11.3 Å². The fourth-order valence-electron chi connectivity index (χ4n) is 2.86. The van der Waals surface area contributed by atoms with Gasteiger partial charge in [-0.25, -0.2) is 0 Å². The highest BCUT2D eigenvalue weighted by molar-refractivity contribution is 7.03. The molecule has 1 aliphatic rings. The zero-order valence-corrected chi connectivity index (χ0v) is 13.3. The number of carbonyl (C=O) groups excluding carboxylic acids is 1. The first-order chi connectivity index (χ1) is 11.1. The molecule has 1 aromatic carbocycles. The van der Waals surface area contributed by atoms with Crippen LogP contribution in [0.4, 0.5) is 5.69 Å². The molecule has 1 aliphatic carbocycles. The van der Waals surface area contributed by atoms with Crippen LogP contribution >= 0.6 is 11.5 Å². The first-order valence-electron chi connectivity index (χ1n) is 7.54. The maximum Gasteiger partial charge on any atom is 0.306 e. The van der Waals surface area contributed by atoms with Crippen LogP contribution in [0, 0.1) is 11.8 Å². The number of rotatable bonds is 4. The van der Waals surface area contributed by atoms with E-state index in [-0.39, 0.29) is 17.7 Å². The highest BCUT2D eigenvalue weighted by Gasteiger charge is 2.29. The van der Waals surface area contributed by atoms with Crippen molar-refractivity contribution in [2.75, 3.05) is 5.32 Å². The molecule has 1 amide bonds. The summed E-state index contributed by atoms with van der Waals surface area (Å²) in [7, 11) is 0. The van der Waals surface area contributed by atoms with Gasteiger partial charge in [0, 0.05) is 22.5 Å². The van der Waals surface area contributed by atoms with E-state index >= 15 is 0 Å². The molecular weight excluding hydrogens is 314 g/mol. The van der Waals surface area contributed by atoms with Gasteiger partial charge in [0.05, 0.1) is 5.92 Å². The molecule has 0 bridgehead atoms. The van der Waals surface area contributed by atoms with Crippen LogP contribution in [0.5, 0.6) is 0 Å². The molecule has 3 rings (SSSR count). The Kier molecular flexibility index (Phi) is 4.66. The van der Waals surface area contributed by atoms with Crippen LogP contribution in [-0.2, 0) is 9.59 Å².